The maximum absolute atomic E-state index is 13.5. The molecule has 2 heterocycles. The van der Waals surface area contributed by atoms with Crippen molar-refractivity contribution in [1.82, 2.24) is 4.98 Å². The normalized spacial score (nSPS) is 16.9. The third kappa shape index (κ3) is 4.44. The maximum Gasteiger partial charge on any atom is 0.301 e. The van der Waals surface area contributed by atoms with Crippen LogP contribution in [0.25, 0.3) is 16.0 Å². The molecule has 0 spiro atoms. The van der Waals surface area contributed by atoms with Gasteiger partial charge in [-0.15, -0.1) is 0 Å². The van der Waals surface area contributed by atoms with Crippen LogP contribution in [0.1, 0.15) is 36.6 Å². The Morgan fingerprint density at radius 2 is 1.81 bits per heavy atom. The molecule has 0 radical (unpaired) electrons. The lowest BCUT2D eigenvalue weighted by atomic mass is 9.95. The number of Topliss-reactive ketones (excluding diaryl/α,β-unsaturated/α-hetero) is 1. The Morgan fingerprint density at radius 1 is 1.03 bits per heavy atom. The molecule has 0 bridgehead atoms. The van der Waals surface area contributed by atoms with Crippen molar-refractivity contribution in [2.45, 2.75) is 26.3 Å². The first-order chi connectivity index (χ1) is 17.9. The molecule has 1 aliphatic rings. The van der Waals surface area contributed by atoms with Crippen LogP contribution in [0.5, 0.6) is 11.5 Å². The number of thiazole rings is 1. The highest BCUT2D eigenvalue weighted by atomic mass is 32.1. The molecule has 4 aromatic rings. The van der Waals surface area contributed by atoms with E-state index in [0.29, 0.717) is 34.4 Å². The Morgan fingerprint density at radius 3 is 2.51 bits per heavy atom. The Balaban J connectivity index is 1.68. The van der Waals surface area contributed by atoms with E-state index in [-0.39, 0.29) is 11.3 Å². The molecule has 1 fully saturated rings. The summed E-state index contributed by atoms with van der Waals surface area (Å²) >= 11 is 1.34. The fraction of sp³-hybridized carbons (Fsp3) is 0.207. The summed E-state index contributed by atoms with van der Waals surface area (Å²) in [5.74, 6) is -0.556. The predicted octanol–water partition coefficient (Wildman–Crippen LogP) is 5.89. The number of methoxy groups -OCH3 is 1. The molecule has 5 rings (SSSR count). The highest BCUT2D eigenvalue weighted by molar-refractivity contribution is 7.22. The number of hydrogen-bond donors (Lipinski definition) is 1. The van der Waals surface area contributed by atoms with Crippen LogP contribution in [0.4, 0.5) is 5.13 Å². The number of anilines is 1. The van der Waals surface area contributed by atoms with Gasteiger partial charge in [0, 0.05) is 5.56 Å². The second-order valence-electron chi connectivity index (χ2n) is 8.56. The third-order valence-electron chi connectivity index (χ3n) is 6.35. The number of aliphatic hydroxyl groups excluding tert-OH is 1. The van der Waals surface area contributed by atoms with E-state index in [1.54, 1.807) is 55.6 Å². The number of benzene rings is 3. The Bertz CT molecular complexity index is 1520. The van der Waals surface area contributed by atoms with Gasteiger partial charge < -0.3 is 14.6 Å². The number of aliphatic hydroxyl groups is 1. The highest BCUT2D eigenvalue weighted by Gasteiger charge is 2.48. The molecule has 1 N–H and O–H groups in total. The molecule has 0 unspecified atom stereocenters. The molecule has 7 nitrogen and oxygen atoms in total. The summed E-state index contributed by atoms with van der Waals surface area (Å²) in [7, 11) is 1.55. The van der Waals surface area contributed by atoms with Crippen LogP contribution in [0, 0.1) is 0 Å². The largest absolute Gasteiger partial charge is 0.507 e. The zero-order chi connectivity index (χ0) is 26.1. The van der Waals surface area contributed by atoms with Crippen molar-refractivity contribution in [1.29, 1.82) is 0 Å². The standard InChI is InChI=1S/C29H26N2O5S/c1-4-17-9-14-22-23(15-17)37-29(30-22)31-25(19-7-6-8-21(16-19)35-3)24(27(33)28(31)34)26(32)18-10-12-20(13-11-18)36-5-2/h6-16,25,32H,4-5H2,1-3H3/t25-/m1/s1. The van der Waals surface area contributed by atoms with Crippen LogP contribution in [0.3, 0.4) is 0 Å². The second kappa shape index (κ2) is 10.1. The van der Waals surface area contributed by atoms with Crippen molar-refractivity contribution in [3.05, 3.63) is 89.0 Å². The van der Waals surface area contributed by atoms with Gasteiger partial charge in [-0.25, -0.2) is 4.98 Å². The minimum atomic E-state index is -0.882. The zero-order valence-electron chi connectivity index (χ0n) is 20.7. The Labute approximate surface area is 218 Å². The fourth-order valence-electron chi connectivity index (χ4n) is 4.47. The van der Waals surface area contributed by atoms with Gasteiger partial charge >= 0.3 is 5.91 Å². The summed E-state index contributed by atoms with van der Waals surface area (Å²) in [6.07, 6.45) is 0.875. The lowest BCUT2D eigenvalue weighted by Crippen LogP contribution is -2.29. The Hall–Kier alpha value is -4.17. The van der Waals surface area contributed by atoms with E-state index in [1.807, 2.05) is 25.1 Å². The van der Waals surface area contributed by atoms with Gasteiger partial charge in [-0.05, 0) is 73.0 Å². The summed E-state index contributed by atoms with van der Waals surface area (Å²) in [5.41, 5.74) is 2.93. The van der Waals surface area contributed by atoms with Gasteiger partial charge in [-0.2, -0.15) is 0 Å². The zero-order valence-corrected chi connectivity index (χ0v) is 21.5. The molecule has 1 saturated heterocycles. The van der Waals surface area contributed by atoms with Gasteiger partial charge in [-0.1, -0.05) is 36.5 Å². The summed E-state index contributed by atoms with van der Waals surface area (Å²) in [5, 5.41) is 11.7. The number of amides is 1. The molecule has 188 valence electrons. The van der Waals surface area contributed by atoms with Crippen molar-refractivity contribution >= 4 is 44.1 Å². The number of fused-ring (bicyclic) bond motifs is 1. The lowest BCUT2D eigenvalue weighted by molar-refractivity contribution is -0.132. The first kappa shape index (κ1) is 24.5. The van der Waals surface area contributed by atoms with Crippen LogP contribution < -0.4 is 14.4 Å². The number of hydrogen-bond acceptors (Lipinski definition) is 7. The van der Waals surface area contributed by atoms with Gasteiger partial charge in [0.15, 0.2) is 5.13 Å². The van der Waals surface area contributed by atoms with E-state index in [4.69, 9.17) is 14.5 Å². The van der Waals surface area contributed by atoms with Crippen molar-refractivity contribution in [3.8, 4) is 11.5 Å². The van der Waals surface area contributed by atoms with Gasteiger partial charge in [-0.3, -0.25) is 14.5 Å². The number of aromatic nitrogens is 1. The quantitative estimate of drug-likeness (QED) is 0.188. The molecule has 1 amide bonds. The van der Waals surface area contributed by atoms with Gasteiger partial charge in [0.2, 0.25) is 0 Å². The number of aryl methyl sites for hydroxylation is 1. The smallest absolute Gasteiger partial charge is 0.301 e. The number of ketones is 1. The minimum Gasteiger partial charge on any atom is -0.507 e. The first-order valence-corrected chi connectivity index (χ1v) is 12.8. The van der Waals surface area contributed by atoms with E-state index < -0.39 is 17.7 Å². The number of nitrogens with zero attached hydrogens (tertiary/aromatic N) is 2. The molecule has 37 heavy (non-hydrogen) atoms. The minimum absolute atomic E-state index is 0.00378. The summed E-state index contributed by atoms with van der Waals surface area (Å²) < 4.78 is 11.8. The molecule has 0 saturated carbocycles. The van der Waals surface area contributed by atoms with Gasteiger partial charge in [0.05, 0.1) is 35.5 Å². The number of ether oxygens (including phenoxy) is 2. The van der Waals surface area contributed by atoms with Crippen LogP contribution in [0.15, 0.2) is 72.3 Å². The number of rotatable bonds is 7. The van der Waals surface area contributed by atoms with E-state index in [2.05, 4.69) is 6.92 Å². The molecule has 0 aliphatic carbocycles. The van der Waals surface area contributed by atoms with E-state index in [9.17, 15) is 14.7 Å². The van der Waals surface area contributed by atoms with Crippen molar-refractivity contribution < 1.29 is 24.2 Å². The monoisotopic (exact) mass is 514 g/mol. The van der Waals surface area contributed by atoms with Crippen molar-refractivity contribution in [2.24, 2.45) is 0 Å². The van der Waals surface area contributed by atoms with E-state index >= 15 is 0 Å². The van der Waals surface area contributed by atoms with E-state index in [0.717, 1.165) is 22.2 Å². The van der Waals surface area contributed by atoms with E-state index in [1.165, 1.54) is 16.2 Å². The summed E-state index contributed by atoms with van der Waals surface area (Å²) in [6.45, 7) is 4.47. The molecule has 8 heteroatoms. The van der Waals surface area contributed by atoms with Gasteiger partial charge in [0.25, 0.3) is 5.78 Å². The SMILES string of the molecule is CCOc1ccc(C(O)=C2C(=O)C(=O)N(c3nc4ccc(CC)cc4s3)[C@@H]2c2cccc(OC)c2)cc1. The maximum atomic E-state index is 13.5. The highest BCUT2D eigenvalue weighted by Crippen LogP contribution is 2.45. The molecule has 3 aromatic carbocycles. The van der Waals surface area contributed by atoms with Crippen LogP contribution >= 0.6 is 11.3 Å². The molecule has 1 aliphatic heterocycles. The topological polar surface area (TPSA) is 89.0 Å². The van der Waals surface area contributed by atoms with Crippen LogP contribution in [-0.4, -0.2) is 35.5 Å². The second-order valence-corrected chi connectivity index (χ2v) is 9.56. The fourth-order valence-corrected chi connectivity index (χ4v) is 5.52. The van der Waals surface area contributed by atoms with Gasteiger partial charge in [0.1, 0.15) is 17.3 Å². The van der Waals surface area contributed by atoms with Crippen LogP contribution in [0.2, 0.25) is 0 Å². The Kier molecular flexibility index (Phi) is 6.67. The lowest BCUT2D eigenvalue weighted by Gasteiger charge is -2.23. The number of carbonyl (C=O) groups is 2. The first-order valence-electron chi connectivity index (χ1n) is 12.0. The number of carbonyl (C=O) groups excluding carboxylic acids is 2. The summed E-state index contributed by atoms with van der Waals surface area (Å²) in [6, 6.07) is 19.0. The van der Waals surface area contributed by atoms with Crippen LogP contribution in [-0.2, 0) is 16.0 Å². The third-order valence-corrected chi connectivity index (χ3v) is 7.37. The molecular weight excluding hydrogens is 488 g/mol. The van der Waals surface area contributed by atoms with Crippen molar-refractivity contribution in [3.63, 3.8) is 0 Å². The van der Waals surface area contributed by atoms with Crippen molar-refractivity contribution in [2.75, 3.05) is 18.6 Å². The molecule has 1 atom stereocenters. The molecular formula is C29H26N2O5S. The predicted molar refractivity (Wildman–Crippen MR) is 144 cm³/mol. The summed E-state index contributed by atoms with van der Waals surface area (Å²) in [4.78, 5) is 33.0. The average molecular weight is 515 g/mol. The average Bonchev–Trinajstić information content (AvgIpc) is 3.46. The molecule has 1 aromatic heterocycles.